The molecule has 22 heavy (non-hydrogen) atoms. The Labute approximate surface area is 130 Å². The molecule has 0 saturated carbocycles. The van der Waals surface area contributed by atoms with Gasteiger partial charge in [0, 0.05) is 13.1 Å². The van der Waals surface area contributed by atoms with Crippen LogP contribution in [-0.4, -0.2) is 46.0 Å². The lowest BCUT2D eigenvalue weighted by Crippen LogP contribution is -2.31. The molecule has 0 atom stereocenters. The summed E-state index contributed by atoms with van der Waals surface area (Å²) in [4.78, 5) is 14.1. The van der Waals surface area contributed by atoms with Gasteiger partial charge in [-0.3, -0.25) is 4.79 Å². The van der Waals surface area contributed by atoms with Crippen LogP contribution in [0.3, 0.4) is 0 Å². The van der Waals surface area contributed by atoms with Crippen LogP contribution in [0.25, 0.3) is 0 Å². The Morgan fingerprint density at radius 1 is 1.23 bits per heavy atom. The van der Waals surface area contributed by atoms with Crippen LogP contribution in [0, 0.1) is 6.92 Å². The molecule has 6 heteroatoms. The van der Waals surface area contributed by atoms with Crippen LogP contribution in [0.1, 0.15) is 35.5 Å². The van der Waals surface area contributed by atoms with Crippen molar-refractivity contribution >= 4 is 5.91 Å². The Morgan fingerprint density at radius 2 is 1.86 bits per heavy atom. The summed E-state index contributed by atoms with van der Waals surface area (Å²) >= 11 is 0. The summed E-state index contributed by atoms with van der Waals surface area (Å²) < 4.78 is 6.98. The van der Waals surface area contributed by atoms with Gasteiger partial charge in [-0.1, -0.05) is 35.0 Å². The van der Waals surface area contributed by atoms with E-state index in [1.165, 1.54) is 12.7 Å². The second-order valence-electron chi connectivity index (χ2n) is 5.07. The summed E-state index contributed by atoms with van der Waals surface area (Å²) in [5.41, 5.74) is 2.54. The predicted octanol–water partition coefficient (Wildman–Crippen LogP) is 2.13. The fourth-order valence-corrected chi connectivity index (χ4v) is 2.27. The highest BCUT2D eigenvalue weighted by Crippen LogP contribution is 2.19. The van der Waals surface area contributed by atoms with Crippen molar-refractivity contribution in [1.82, 2.24) is 19.9 Å². The third-order valence-corrected chi connectivity index (χ3v) is 3.59. The first-order valence-corrected chi connectivity index (χ1v) is 7.43. The number of methoxy groups -OCH3 is 1. The van der Waals surface area contributed by atoms with Crippen LogP contribution < -0.4 is 4.74 Å². The predicted molar refractivity (Wildman–Crippen MR) is 84.1 cm³/mol. The van der Waals surface area contributed by atoms with E-state index >= 15 is 0 Å². The van der Waals surface area contributed by atoms with Gasteiger partial charge >= 0.3 is 0 Å². The second kappa shape index (κ2) is 7.06. The first kappa shape index (κ1) is 16.0. The van der Waals surface area contributed by atoms with Crippen molar-refractivity contribution in [2.75, 3.05) is 20.2 Å². The molecule has 0 aliphatic heterocycles. The molecule has 6 nitrogen and oxygen atoms in total. The van der Waals surface area contributed by atoms with Gasteiger partial charge < -0.3 is 9.64 Å². The third-order valence-electron chi connectivity index (χ3n) is 3.59. The van der Waals surface area contributed by atoms with E-state index in [9.17, 15) is 4.79 Å². The molecule has 1 aromatic carbocycles. The van der Waals surface area contributed by atoms with Crippen LogP contribution in [0.2, 0.25) is 0 Å². The van der Waals surface area contributed by atoms with Crippen molar-refractivity contribution in [3.8, 4) is 5.88 Å². The quantitative estimate of drug-likeness (QED) is 0.820. The van der Waals surface area contributed by atoms with Crippen LogP contribution in [0.15, 0.2) is 24.3 Å². The van der Waals surface area contributed by atoms with E-state index < -0.39 is 0 Å². The molecular weight excluding hydrogens is 280 g/mol. The Kier molecular flexibility index (Phi) is 5.14. The fraction of sp³-hybridized carbons (Fsp3) is 0.438. The standard InChI is InChI=1S/C16H22N4O2/c1-5-19(6-2)15(21)14-16(22-4)20(18-17-14)11-13-9-7-12(3)8-10-13/h7-10H,5-6,11H2,1-4H3. The lowest BCUT2D eigenvalue weighted by Gasteiger charge is -2.17. The van der Waals surface area contributed by atoms with Crippen molar-refractivity contribution in [3.05, 3.63) is 41.1 Å². The number of benzene rings is 1. The molecule has 0 spiro atoms. The van der Waals surface area contributed by atoms with Gasteiger partial charge in [-0.2, -0.15) is 0 Å². The number of hydrogen-bond donors (Lipinski definition) is 0. The first-order chi connectivity index (χ1) is 10.6. The van der Waals surface area contributed by atoms with Crippen molar-refractivity contribution < 1.29 is 9.53 Å². The molecule has 0 unspecified atom stereocenters. The number of aromatic nitrogens is 3. The zero-order chi connectivity index (χ0) is 16.1. The number of carbonyl (C=O) groups is 1. The highest BCUT2D eigenvalue weighted by molar-refractivity contribution is 5.94. The molecule has 0 fully saturated rings. The minimum atomic E-state index is -0.156. The lowest BCUT2D eigenvalue weighted by molar-refractivity contribution is 0.0763. The molecule has 2 rings (SSSR count). The van der Waals surface area contributed by atoms with E-state index in [2.05, 4.69) is 10.3 Å². The van der Waals surface area contributed by atoms with Gasteiger partial charge in [0.15, 0.2) is 0 Å². The zero-order valence-electron chi connectivity index (χ0n) is 13.5. The molecule has 0 bridgehead atoms. The number of amides is 1. The number of nitrogens with zero attached hydrogens (tertiary/aromatic N) is 4. The maximum atomic E-state index is 12.4. The number of rotatable bonds is 6. The Morgan fingerprint density at radius 3 is 2.41 bits per heavy atom. The first-order valence-electron chi connectivity index (χ1n) is 7.43. The smallest absolute Gasteiger partial charge is 0.280 e. The number of hydrogen-bond acceptors (Lipinski definition) is 4. The molecule has 0 aliphatic carbocycles. The maximum absolute atomic E-state index is 12.4. The van der Waals surface area contributed by atoms with Gasteiger partial charge in [0.1, 0.15) is 0 Å². The van der Waals surface area contributed by atoms with Gasteiger partial charge in [0.2, 0.25) is 11.6 Å². The summed E-state index contributed by atoms with van der Waals surface area (Å²) in [6.07, 6.45) is 0. The van der Waals surface area contributed by atoms with Gasteiger partial charge in [0.05, 0.1) is 13.7 Å². The van der Waals surface area contributed by atoms with Crippen LogP contribution >= 0.6 is 0 Å². The highest BCUT2D eigenvalue weighted by atomic mass is 16.5. The molecule has 118 valence electrons. The molecule has 1 amide bonds. The maximum Gasteiger partial charge on any atom is 0.280 e. The lowest BCUT2D eigenvalue weighted by atomic mass is 10.1. The van der Waals surface area contributed by atoms with Crippen LogP contribution in [0.5, 0.6) is 5.88 Å². The third kappa shape index (κ3) is 3.27. The molecule has 0 saturated heterocycles. The minimum absolute atomic E-state index is 0.156. The number of carbonyl (C=O) groups excluding carboxylic acids is 1. The van der Waals surface area contributed by atoms with Gasteiger partial charge in [-0.15, -0.1) is 5.10 Å². The average Bonchev–Trinajstić information content (AvgIpc) is 2.93. The molecule has 2 aromatic rings. The topological polar surface area (TPSA) is 60.2 Å². The van der Waals surface area contributed by atoms with Crippen molar-refractivity contribution in [2.45, 2.75) is 27.3 Å². The van der Waals surface area contributed by atoms with Gasteiger partial charge in [-0.25, -0.2) is 4.68 Å². The summed E-state index contributed by atoms with van der Waals surface area (Å²) in [5.74, 6) is 0.245. The van der Waals surface area contributed by atoms with Crippen molar-refractivity contribution in [3.63, 3.8) is 0 Å². The SMILES string of the molecule is CCN(CC)C(=O)c1nnn(Cc2ccc(C)cc2)c1OC. The Balaban J connectivity index is 2.27. The summed E-state index contributed by atoms with van der Waals surface area (Å²) in [5, 5.41) is 8.09. The Bertz CT molecular complexity index is 630. The molecule has 0 radical (unpaired) electrons. The summed E-state index contributed by atoms with van der Waals surface area (Å²) in [7, 11) is 1.53. The van der Waals surface area contributed by atoms with Crippen molar-refractivity contribution in [2.24, 2.45) is 0 Å². The molecule has 1 heterocycles. The van der Waals surface area contributed by atoms with E-state index in [-0.39, 0.29) is 11.6 Å². The average molecular weight is 302 g/mol. The van der Waals surface area contributed by atoms with Crippen LogP contribution in [-0.2, 0) is 6.54 Å². The van der Waals surface area contributed by atoms with Crippen molar-refractivity contribution in [1.29, 1.82) is 0 Å². The second-order valence-corrected chi connectivity index (χ2v) is 5.07. The van der Waals surface area contributed by atoms with Gasteiger partial charge in [0.25, 0.3) is 5.91 Å². The van der Waals surface area contributed by atoms with Crippen LogP contribution in [0.4, 0.5) is 0 Å². The van der Waals surface area contributed by atoms with E-state index in [1.807, 2.05) is 45.0 Å². The Hall–Kier alpha value is -2.37. The minimum Gasteiger partial charge on any atom is -0.479 e. The number of ether oxygens (including phenoxy) is 1. The number of aryl methyl sites for hydroxylation is 1. The van der Waals surface area contributed by atoms with E-state index in [1.54, 1.807) is 9.58 Å². The molecule has 1 aromatic heterocycles. The molecule has 0 aliphatic rings. The van der Waals surface area contributed by atoms with E-state index in [0.717, 1.165) is 5.56 Å². The zero-order valence-corrected chi connectivity index (χ0v) is 13.5. The fourth-order valence-electron chi connectivity index (χ4n) is 2.27. The summed E-state index contributed by atoms with van der Waals surface area (Å²) in [6, 6.07) is 8.14. The monoisotopic (exact) mass is 302 g/mol. The summed E-state index contributed by atoms with van der Waals surface area (Å²) in [6.45, 7) is 7.69. The van der Waals surface area contributed by atoms with Gasteiger partial charge in [-0.05, 0) is 26.3 Å². The van der Waals surface area contributed by atoms with E-state index in [0.29, 0.717) is 25.5 Å². The normalized spacial score (nSPS) is 10.5. The highest BCUT2D eigenvalue weighted by Gasteiger charge is 2.24. The molecular formula is C16H22N4O2. The largest absolute Gasteiger partial charge is 0.479 e. The van der Waals surface area contributed by atoms with E-state index in [4.69, 9.17) is 4.74 Å². The molecule has 0 N–H and O–H groups in total.